The van der Waals surface area contributed by atoms with Crippen LogP contribution in [0.3, 0.4) is 0 Å². The zero-order valence-corrected chi connectivity index (χ0v) is 14.4. The molecule has 1 N–H and O–H groups in total. The van der Waals surface area contributed by atoms with Crippen molar-refractivity contribution in [3.63, 3.8) is 0 Å². The molecular formula is C19H31N3. The van der Waals surface area contributed by atoms with Gasteiger partial charge < -0.3 is 10.2 Å². The SMILES string of the molecule is CNc1ccc(N2CCC(N3CCCC(C)(C)C3)CC2)cc1. The number of nitrogens with one attached hydrogen (secondary N) is 1. The molecule has 2 heterocycles. The van der Waals surface area contributed by atoms with E-state index in [0.717, 1.165) is 6.04 Å². The van der Waals surface area contributed by atoms with Gasteiger partial charge in [0.05, 0.1) is 0 Å². The summed E-state index contributed by atoms with van der Waals surface area (Å²) >= 11 is 0. The Bertz CT molecular complexity index is 472. The Morgan fingerprint density at radius 2 is 1.73 bits per heavy atom. The average molecular weight is 301 g/mol. The summed E-state index contributed by atoms with van der Waals surface area (Å²) < 4.78 is 0. The first-order chi connectivity index (χ1) is 10.6. The Morgan fingerprint density at radius 3 is 2.32 bits per heavy atom. The topological polar surface area (TPSA) is 18.5 Å². The molecule has 0 atom stereocenters. The van der Waals surface area contributed by atoms with Gasteiger partial charge in [-0.15, -0.1) is 0 Å². The maximum Gasteiger partial charge on any atom is 0.0367 e. The maximum atomic E-state index is 3.19. The quantitative estimate of drug-likeness (QED) is 0.915. The van der Waals surface area contributed by atoms with Crippen LogP contribution in [0.2, 0.25) is 0 Å². The fourth-order valence-electron chi connectivity index (χ4n) is 4.11. The Balaban J connectivity index is 1.55. The number of piperidine rings is 2. The molecule has 122 valence electrons. The molecule has 0 radical (unpaired) electrons. The molecule has 1 aromatic rings. The summed E-state index contributed by atoms with van der Waals surface area (Å²) in [7, 11) is 1.97. The normalized spacial score (nSPS) is 23.5. The number of hydrogen-bond donors (Lipinski definition) is 1. The molecule has 3 rings (SSSR count). The fourth-order valence-corrected chi connectivity index (χ4v) is 4.11. The van der Waals surface area contributed by atoms with E-state index in [1.807, 2.05) is 7.05 Å². The first-order valence-corrected chi connectivity index (χ1v) is 8.84. The first-order valence-electron chi connectivity index (χ1n) is 8.84. The van der Waals surface area contributed by atoms with Gasteiger partial charge in [-0.25, -0.2) is 0 Å². The van der Waals surface area contributed by atoms with Gasteiger partial charge in [0.15, 0.2) is 0 Å². The molecule has 3 nitrogen and oxygen atoms in total. The van der Waals surface area contributed by atoms with Crippen LogP contribution >= 0.6 is 0 Å². The lowest BCUT2D eigenvalue weighted by molar-refractivity contribution is 0.0673. The van der Waals surface area contributed by atoms with Crippen LogP contribution in [0.5, 0.6) is 0 Å². The summed E-state index contributed by atoms with van der Waals surface area (Å²) in [5.41, 5.74) is 3.07. The Hall–Kier alpha value is -1.22. The predicted octanol–water partition coefficient (Wildman–Crippen LogP) is 3.82. The second-order valence-corrected chi connectivity index (χ2v) is 7.75. The highest BCUT2D eigenvalue weighted by Gasteiger charge is 2.32. The average Bonchev–Trinajstić information content (AvgIpc) is 2.54. The van der Waals surface area contributed by atoms with Gasteiger partial charge in [-0.2, -0.15) is 0 Å². The standard InChI is InChI=1S/C19H31N3/c1-19(2)11-4-12-22(15-19)18-9-13-21(14-10-18)17-7-5-16(20-3)6-8-17/h5-8,18,20H,4,9-15H2,1-3H3. The van der Waals surface area contributed by atoms with Gasteiger partial charge >= 0.3 is 0 Å². The van der Waals surface area contributed by atoms with E-state index in [0.29, 0.717) is 5.41 Å². The zero-order valence-electron chi connectivity index (χ0n) is 14.4. The molecule has 0 aromatic heterocycles. The van der Waals surface area contributed by atoms with Gasteiger partial charge in [-0.05, 0) is 61.9 Å². The van der Waals surface area contributed by atoms with Crippen LogP contribution in [0.25, 0.3) is 0 Å². The molecule has 2 aliphatic heterocycles. The van der Waals surface area contributed by atoms with Crippen LogP contribution < -0.4 is 10.2 Å². The highest BCUT2D eigenvalue weighted by molar-refractivity contribution is 5.55. The number of rotatable bonds is 3. The Kier molecular flexibility index (Phi) is 4.62. The van der Waals surface area contributed by atoms with Crippen LogP contribution in [-0.2, 0) is 0 Å². The van der Waals surface area contributed by atoms with Crippen molar-refractivity contribution in [2.75, 3.05) is 43.4 Å². The van der Waals surface area contributed by atoms with Crippen LogP contribution in [0.1, 0.15) is 39.5 Å². The molecule has 3 heteroatoms. The highest BCUT2D eigenvalue weighted by atomic mass is 15.2. The van der Waals surface area contributed by atoms with Crippen LogP contribution in [0.15, 0.2) is 24.3 Å². The lowest BCUT2D eigenvalue weighted by Crippen LogP contribution is -2.50. The van der Waals surface area contributed by atoms with E-state index < -0.39 is 0 Å². The first kappa shape index (κ1) is 15.7. The third-order valence-electron chi connectivity index (χ3n) is 5.43. The highest BCUT2D eigenvalue weighted by Crippen LogP contribution is 2.32. The van der Waals surface area contributed by atoms with Gasteiger partial charge in [0.25, 0.3) is 0 Å². The van der Waals surface area contributed by atoms with Crippen molar-refractivity contribution in [1.29, 1.82) is 0 Å². The number of nitrogens with zero attached hydrogens (tertiary/aromatic N) is 2. The molecule has 1 aromatic carbocycles. The summed E-state index contributed by atoms with van der Waals surface area (Å²) in [4.78, 5) is 5.32. The van der Waals surface area contributed by atoms with E-state index in [4.69, 9.17) is 0 Å². The van der Waals surface area contributed by atoms with E-state index in [2.05, 4.69) is 53.2 Å². The van der Waals surface area contributed by atoms with Crippen molar-refractivity contribution < 1.29 is 0 Å². The minimum absolute atomic E-state index is 0.512. The van der Waals surface area contributed by atoms with E-state index >= 15 is 0 Å². The minimum Gasteiger partial charge on any atom is -0.388 e. The molecule has 0 aliphatic carbocycles. The van der Waals surface area contributed by atoms with Gasteiger partial charge in [0.2, 0.25) is 0 Å². The molecule has 0 amide bonds. The third kappa shape index (κ3) is 3.57. The molecule has 2 aliphatic rings. The van der Waals surface area contributed by atoms with Crippen LogP contribution in [-0.4, -0.2) is 44.2 Å². The third-order valence-corrected chi connectivity index (χ3v) is 5.43. The summed E-state index contributed by atoms with van der Waals surface area (Å²) in [6.07, 6.45) is 5.38. The van der Waals surface area contributed by atoms with Gasteiger partial charge in [-0.1, -0.05) is 13.8 Å². The molecule has 2 fully saturated rings. The molecule has 22 heavy (non-hydrogen) atoms. The summed E-state index contributed by atoms with van der Waals surface area (Å²) in [6, 6.07) is 9.64. The molecule has 0 bridgehead atoms. The van der Waals surface area contributed by atoms with Crippen molar-refractivity contribution in [2.24, 2.45) is 5.41 Å². The maximum absolute atomic E-state index is 3.19. The Labute approximate surface area is 135 Å². The summed E-state index contributed by atoms with van der Waals surface area (Å²) in [5.74, 6) is 0. The van der Waals surface area contributed by atoms with Gasteiger partial charge in [0.1, 0.15) is 0 Å². The van der Waals surface area contributed by atoms with Crippen LogP contribution in [0.4, 0.5) is 11.4 Å². The largest absolute Gasteiger partial charge is 0.388 e. The van der Waals surface area contributed by atoms with Crippen molar-refractivity contribution in [3.8, 4) is 0 Å². The van der Waals surface area contributed by atoms with Crippen molar-refractivity contribution >= 4 is 11.4 Å². The second-order valence-electron chi connectivity index (χ2n) is 7.75. The second kappa shape index (κ2) is 6.49. The monoisotopic (exact) mass is 301 g/mol. The van der Waals surface area contributed by atoms with Crippen molar-refractivity contribution in [3.05, 3.63) is 24.3 Å². The van der Waals surface area contributed by atoms with Gasteiger partial charge in [-0.3, -0.25) is 4.90 Å². The van der Waals surface area contributed by atoms with E-state index in [-0.39, 0.29) is 0 Å². The zero-order chi connectivity index (χ0) is 15.6. The summed E-state index contributed by atoms with van der Waals surface area (Å²) in [5, 5.41) is 3.19. The van der Waals surface area contributed by atoms with Crippen LogP contribution in [0, 0.1) is 5.41 Å². The minimum atomic E-state index is 0.512. The molecular weight excluding hydrogens is 270 g/mol. The lowest BCUT2D eigenvalue weighted by atomic mass is 9.83. The number of hydrogen-bond acceptors (Lipinski definition) is 3. The van der Waals surface area contributed by atoms with E-state index in [1.165, 1.54) is 63.2 Å². The molecule has 0 spiro atoms. The number of anilines is 2. The van der Waals surface area contributed by atoms with E-state index in [9.17, 15) is 0 Å². The Morgan fingerprint density at radius 1 is 1.05 bits per heavy atom. The van der Waals surface area contributed by atoms with Gasteiger partial charge in [0, 0.05) is 44.1 Å². The van der Waals surface area contributed by atoms with Crippen molar-refractivity contribution in [1.82, 2.24) is 4.90 Å². The fraction of sp³-hybridized carbons (Fsp3) is 0.684. The molecule has 0 unspecified atom stereocenters. The van der Waals surface area contributed by atoms with E-state index in [1.54, 1.807) is 0 Å². The molecule has 0 saturated carbocycles. The smallest absolute Gasteiger partial charge is 0.0367 e. The molecule has 2 saturated heterocycles. The summed E-state index contributed by atoms with van der Waals surface area (Å²) in [6.45, 7) is 9.84. The number of likely N-dealkylation sites (tertiary alicyclic amines) is 1. The predicted molar refractivity (Wildman–Crippen MR) is 95.8 cm³/mol. The number of benzene rings is 1. The van der Waals surface area contributed by atoms with Crippen molar-refractivity contribution in [2.45, 2.75) is 45.6 Å². The lowest BCUT2D eigenvalue weighted by Gasteiger charge is -2.45.